The molecule has 0 amide bonds. The van der Waals surface area contributed by atoms with Crippen LogP contribution in [0.5, 0.6) is 11.5 Å². The maximum atomic E-state index is 12.2. The Hall–Kier alpha value is -2.45. The lowest BCUT2D eigenvalue weighted by Crippen LogP contribution is -2.15. The van der Waals surface area contributed by atoms with Crippen LogP contribution in [0.4, 0.5) is 0 Å². The Kier molecular flexibility index (Phi) is 6.28. The molecule has 1 aromatic carbocycles. The number of carbonyl (C=O) groups excluding carboxylic acids is 2. The number of hydrogen-bond acceptors (Lipinski definition) is 8. The number of aromatic nitrogens is 1. The lowest BCUT2D eigenvalue weighted by Gasteiger charge is -2.09. The van der Waals surface area contributed by atoms with E-state index in [0.29, 0.717) is 28.7 Å². The molecule has 8 heteroatoms. The summed E-state index contributed by atoms with van der Waals surface area (Å²) in [6.45, 7) is -0.0847. The fourth-order valence-corrected chi connectivity index (χ4v) is 2.64. The Labute approximate surface area is 143 Å². The molecule has 0 fully saturated rings. The number of ether oxygens (including phenoxy) is 4. The van der Waals surface area contributed by atoms with Crippen molar-refractivity contribution in [2.45, 2.75) is 6.61 Å². The number of ketones is 1. The van der Waals surface area contributed by atoms with Crippen LogP contribution in [0.25, 0.3) is 0 Å². The number of hydrogen-bond donors (Lipinski definition) is 0. The molecule has 0 aliphatic heterocycles. The summed E-state index contributed by atoms with van der Waals surface area (Å²) >= 11 is 1.29. The third kappa shape index (κ3) is 4.30. The summed E-state index contributed by atoms with van der Waals surface area (Å²) in [4.78, 5) is 28.2. The molecule has 0 saturated heterocycles. The fourth-order valence-electron chi connectivity index (χ4n) is 1.91. The number of Topliss-reactive ketones (excluding diaryl/α,β-unsaturated/α-hetero) is 1. The van der Waals surface area contributed by atoms with Crippen LogP contribution in [0.1, 0.15) is 25.9 Å². The van der Waals surface area contributed by atoms with Crippen molar-refractivity contribution in [3.63, 3.8) is 0 Å². The Bertz CT molecular complexity index is 727. The first kappa shape index (κ1) is 17.9. The van der Waals surface area contributed by atoms with E-state index in [1.807, 2.05) is 0 Å². The lowest BCUT2D eigenvalue weighted by atomic mass is 10.1. The largest absolute Gasteiger partial charge is 0.497 e. The summed E-state index contributed by atoms with van der Waals surface area (Å²) in [5, 5.41) is 2.22. The highest BCUT2D eigenvalue weighted by atomic mass is 32.1. The number of benzene rings is 1. The van der Waals surface area contributed by atoms with Crippen LogP contribution in [0, 0.1) is 0 Å². The van der Waals surface area contributed by atoms with E-state index < -0.39 is 12.6 Å². The minimum Gasteiger partial charge on any atom is -0.497 e. The molecular formula is C16H17NO6S. The second-order valence-electron chi connectivity index (χ2n) is 4.63. The topological polar surface area (TPSA) is 84.0 Å². The van der Waals surface area contributed by atoms with Crippen molar-refractivity contribution in [3.05, 3.63) is 39.8 Å². The van der Waals surface area contributed by atoms with Crippen LogP contribution in [-0.4, -0.2) is 44.7 Å². The minimum atomic E-state index is -0.658. The molecular weight excluding hydrogens is 334 g/mol. The molecule has 0 saturated carbocycles. The quantitative estimate of drug-likeness (QED) is 0.533. The van der Waals surface area contributed by atoms with Crippen LogP contribution in [0.15, 0.2) is 23.6 Å². The molecule has 24 heavy (non-hydrogen) atoms. The van der Waals surface area contributed by atoms with Gasteiger partial charge in [-0.1, -0.05) is 0 Å². The molecule has 0 N–H and O–H groups in total. The molecule has 2 aromatic rings. The van der Waals surface area contributed by atoms with Crippen molar-refractivity contribution in [3.8, 4) is 11.5 Å². The molecule has 1 heterocycles. The monoisotopic (exact) mass is 351 g/mol. The van der Waals surface area contributed by atoms with E-state index in [1.165, 1.54) is 25.6 Å². The first-order valence-corrected chi connectivity index (χ1v) is 7.82. The first-order chi connectivity index (χ1) is 11.6. The molecule has 0 aliphatic carbocycles. The van der Waals surface area contributed by atoms with E-state index in [0.717, 1.165) is 0 Å². The van der Waals surface area contributed by atoms with Gasteiger partial charge in [0.2, 0.25) is 5.78 Å². The molecule has 0 aliphatic rings. The summed E-state index contributed by atoms with van der Waals surface area (Å²) < 4.78 is 20.2. The average Bonchev–Trinajstić information content (AvgIpc) is 3.07. The minimum absolute atomic E-state index is 0.154. The van der Waals surface area contributed by atoms with Gasteiger partial charge in [0.25, 0.3) is 0 Å². The van der Waals surface area contributed by atoms with E-state index in [9.17, 15) is 9.59 Å². The second kappa shape index (κ2) is 8.42. The van der Waals surface area contributed by atoms with Gasteiger partial charge >= 0.3 is 5.97 Å². The smallest absolute Gasteiger partial charge is 0.358 e. The second-order valence-corrected chi connectivity index (χ2v) is 5.57. The highest BCUT2D eigenvalue weighted by Crippen LogP contribution is 2.25. The van der Waals surface area contributed by atoms with Crippen molar-refractivity contribution < 1.29 is 28.5 Å². The van der Waals surface area contributed by atoms with Gasteiger partial charge in [-0.05, 0) is 12.1 Å². The maximum absolute atomic E-state index is 12.2. The van der Waals surface area contributed by atoms with Crippen LogP contribution in [-0.2, 0) is 16.1 Å². The summed E-state index contributed by atoms with van der Waals surface area (Å²) in [6.07, 6.45) is 0. The van der Waals surface area contributed by atoms with Crippen LogP contribution in [0.2, 0.25) is 0 Å². The summed E-state index contributed by atoms with van der Waals surface area (Å²) in [6, 6.07) is 4.79. The van der Waals surface area contributed by atoms with Crippen LogP contribution < -0.4 is 9.47 Å². The lowest BCUT2D eigenvalue weighted by molar-refractivity contribution is 0.0468. The Morgan fingerprint density at radius 1 is 1.17 bits per heavy atom. The molecule has 0 atom stereocenters. The normalized spacial score (nSPS) is 10.3. The van der Waals surface area contributed by atoms with Gasteiger partial charge in [0.1, 0.15) is 16.5 Å². The summed E-state index contributed by atoms with van der Waals surface area (Å²) in [5.41, 5.74) is 0.464. The van der Waals surface area contributed by atoms with Gasteiger partial charge in [0.15, 0.2) is 12.3 Å². The van der Waals surface area contributed by atoms with E-state index in [-0.39, 0.29) is 11.5 Å². The predicted octanol–water partition coefficient (Wildman–Crippen LogP) is 2.35. The van der Waals surface area contributed by atoms with Crippen molar-refractivity contribution in [1.29, 1.82) is 0 Å². The van der Waals surface area contributed by atoms with Crippen molar-refractivity contribution >= 4 is 23.1 Å². The Morgan fingerprint density at radius 2 is 1.96 bits per heavy atom. The van der Waals surface area contributed by atoms with Crippen molar-refractivity contribution in [2.75, 3.05) is 27.9 Å². The maximum Gasteiger partial charge on any atom is 0.358 e. The number of carbonyl (C=O) groups is 2. The van der Waals surface area contributed by atoms with Crippen LogP contribution >= 0.6 is 11.3 Å². The standard InChI is InChI=1S/C16H17NO6S/c1-20-8-15-17-12(9-24-15)16(19)23-7-13(18)11-5-4-10(21-2)6-14(11)22-3/h4-6,9H,7-8H2,1-3H3. The fraction of sp³-hybridized carbons (Fsp3) is 0.312. The van der Waals surface area contributed by atoms with Gasteiger partial charge in [-0.3, -0.25) is 4.79 Å². The van der Waals surface area contributed by atoms with Gasteiger partial charge in [-0.25, -0.2) is 9.78 Å². The van der Waals surface area contributed by atoms with E-state index in [4.69, 9.17) is 18.9 Å². The number of rotatable bonds is 8. The third-order valence-corrected chi connectivity index (χ3v) is 3.89. The molecule has 1 aromatic heterocycles. The van der Waals surface area contributed by atoms with Gasteiger partial charge in [0, 0.05) is 18.6 Å². The zero-order valence-corrected chi connectivity index (χ0v) is 14.3. The third-order valence-electron chi connectivity index (χ3n) is 3.07. The molecule has 0 radical (unpaired) electrons. The SMILES string of the molecule is COCc1nc(C(=O)OCC(=O)c2ccc(OC)cc2OC)cs1. The molecule has 0 spiro atoms. The summed E-state index contributed by atoms with van der Waals surface area (Å²) in [5.74, 6) is -0.121. The van der Waals surface area contributed by atoms with Gasteiger partial charge in [-0.15, -0.1) is 11.3 Å². The van der Waals surface area contributed by atoms with E-state index in [1.54, 1.807) is 30.7 Å². The van der Waals surface area contributed by atoms with Gasteiger partial charge in [-0.2, -0.15) is 0 Å². The van der Waals surface area contributed by atoms with Crippen molar-refractivity contribution in [2.24, 2.45) is 0 Å². The first-order valence-electron chi connectivity index (χ1n) is 6.94. The van der Waals surface area contributed by atoms with E-state index >= 15 is 0 Å². The molecule has 7 nitrogen and oxygen atoms in total. The Morgan fingerprint density at radius 3 is 2.62 bits per heavy atom. The zero-order chi connectivity index (χ0) is 17.5. The van der Waals surface area contributed by atoms with Gasteiger partial charge < -0.3 is 18.9 Å². The highest BCUT2D eigenvalue weighted by Gasteiger charge is 2.18. The van der Waals surface area contributed by atoms with E-state index in [2.05, 4.69) is 4.98 Å². The molecule has 0 bridgehead atoms. The number of methoxy groups -OCH3 is 3. The zero-order valence-electron chi connectivity index (χ0n) is 13.5. The van der Waals surface area contributed by atoms with Gasteiger partial charge in [0.05, 0.1) is 26.4 Å². The number of nitrogens with zero attached hydrogens (tertiary/aromatic N) is 1. The molecule has 0 unspecified atom stereocenters. The van der Waals surface area contributed by atoms with Crippen molar-refractivity contribution in [1.82, 2.24) is 4.98 Å². The molecule has 2 rings (SSSR count). The predicted molar refractivity (Wildman–Crippen MR) is 87.0 cm³/mol. The summed E-state index contributed by atoms with van der Waals surface area (Å²) in [7, 11) is 4.51. The highest BCUT2D eigenvalue weighted by molar-refractivity contribution is 7.09. The van der Waals surface area contributed by atoms with Crippen LogP contribution in [0.3, 0.4) is 0 Å². The molecule has 128 valence electrons. The average molecular weight is 351 g/mol. The Balaban J connectivity index is 2.00. The number of esters is 1. The number of thiazole rings is 1.